The van der Waals surface area contributed by atoms with Gasteiger partial charge in [-0.25, -0.2) is 0 Å². The second kappa shape index (κ2) is 11.8. The van der Waals surface area contributed by atoms with Gasteiger partial charge in [-0.2, -0.15) is 0 Å². The van der Waals surface area contributed by atoms with Gasteiger partial charge in [0.15, 0.2) is 0 Å². The molecule has 2 unspecified atom stereocenters. The number of carbonyl (C=O) groups excluding carboxylic acids is 2. The van der Waals surface area contributed by atoms with Gasteiger partial charge in [0.2, 0.25) is 11.8 Å². The van der Waals surface area contributed by atoms with Crippen molar-refractivity contribution in [3.63, 3.8) is 0 Å². The molecule has 1 saturated heterocycles. The highest BCUT2D eigenvalue weighted by atomic mass is 35.5. The van der Waals surface area contributed by atoms with E-state index in [1.807, 2.05) is 38.1 Å². The third kappa shape index (κ3) is 7.22. The predicted octanol–water partition coefficient (Wildman–Crippen LogP) is 2.19. The molecule has 6 nitrogen and oxygen atoms in total. The molecule has 146 valence electrons. The zero-order valence-electron chi connectivity index (χ0n) is 15.5. The number of hydrogen-bond acceptors (Lipinski definition) is 4. The van der Waals surface area contributed by atoms with Crippen LogP contribution in [-0.4, -0.2) is 38.1 Å². The number of amides is 2. The van der Waals surface area contributed by atoms with E-state index in [-0.39, 0.29) is 36.2 Å². The van der Waals surface area contributed by atoms with Crippen molar-refractivity contribution in [3.05, 3.63) is 29.8 Å². The molecule has 0 aliphatic carbocycles. The Labute approximate surface area is 161 Å². The molecular formula is C19H30ClN3O3. The van der Waals surface area contributed by atoms with Crippen molar-refractivity contribution in [3.8, 4) is 5.75 Å². The van der Waals surface area contributed by atoms with E-state index in [9.17, 15) is 9.59 Å². The lowest BCUT2D eigenvalue weighted by Crippen LogP contribution is -2.33. The van der Waals surface area contributed by atoms with Crippen LogP contribution >= 0.6 is 12.4 Å². The SMILES string of the molecule is CCOc1ccc(C(C)NC(=O)CCCNC(=O)C2CCNC2)cc1.Cl. The maximum Gasteiger partial charge on any atom is 0.224 e. The van der Waals surface area contributed by atoms with E-state index in [1.165, 1.54) is 0 Å². The molecule has 1 aliphatic heterocycles. The van der Waals surface area contributed by atoms with Gasteiger partial charge < -0.3 is 20.7 Å². The van der Waals surface area contributed by atoms with Crippen molar-refractivity contribution in [1.29, 1.82) is 0 Å². The van der Waals surface area contributed by atoms with Crippen LogP contribution in [0.3, 0.4) is 0 Å². The molecule has 1 fully saturated rings. The number of hydrogen-bond donors (Lipinski definition) is 3. The van der Waals surface area contributed by atoms with Crippen LogP contribution in [0.25, 0.3) is 0 Å². The Morgan fingerprint density at radius 2 is 2.04 bits per heavy atom. The van der Waals surface area contributed by atoms with Crippen molar-refractivity contribution in [2.24, 2.45) is 5.92 Å². The molecule has 3 N–H and O–H groups in total. The van der Waals surface area contributed by atoms with Gasteiger partial charge in [0, 0.05) is 19.5 Å². The Bertz CT molecular complexity index is 560. The minimum Gasteiger partial charge on any atom is -0.494 e. The van der Waals surface area contributed by atoms with Crippen LogP contribution in [0.4, 0.5) is 0 Å². The standard InChI is InChI=1S/C19H29N3O3.ClH/c1-3-25-17-8-6-15(7-9-17)14(2)22-18(23)5-4-11-21-19(24)16-10-12-20-13-16;/h6-9,14,16,20H,3-5,10-13H2,1-2H3,(H,21,24)(H,22,23);1H. The Hall–Kier alpha value is -1.79. The molecule has 2 rings (SSSR count). The van der Waals surface area contributed by atoms with Crippen LogP contribution in [0.5, 0.6) is 5.75 Å². The summed E-state index contributed by atoms with van der Waals surface area (Å²) in [6.07, 6.45) is 1.95. The van der Waals surface area contributed by atoms with Gasteiger partial charge in [-0.1, -0.05) is 12.1 Å². The Kier molecular flexibility index (Phi) is 10.1. The van der Waals surface area contributed by atoms with Crippen LogP contribution < -0.4 is 20.7 Å². The Balaban J connectivity index is 0.00000338. The van der Waals surface area contributed by atoms with E-state index in [2.05, 4.69) is 16.0 Å². The molecule has 1 aromatic rings. The smallest absolute Gasteiger partial charge is 0.224 e. The Morgan fingerprint density at radius 1 is 1.31 bits per heavy atom. The third-order valence-electron chi connectivity index (χ3n) is 4.38. The molecule has 1 aliphatic rings. The fraction of sp³-hybridized carbons (Fsp3) is 0.579. The third-order valence-corrected chi connectivity index (χ3v) is 4.38. The number of carbonyl (C=O) groups is 2. The van der Waals surface area contributed by atoms with E-state index in [0.29, 0.717) is 26.0 Å². The molecular weight excluding hydrogens is 354 g/mol. The number of nitrogens with one attached hydrogen (secondary N) is 3. The number of halogens is 1. The monoisotopic (exact) mass is 383 g/mol. The van der Waals surface area contributed by atoms with Crippen LogP contribution in [0.15, 0.2) is 24.3 Å². The first-order valence-electron chi connectivity index (χ1n) is 9.10. The first kappa shape index (κ1) is 22.3. The summed E-state index contributed by atoms with van der Waals surface area (Å²) in [6, 6.07) is 7.70. The van der Waals surface area contributed by atoms with Crippen molar-refractivity contribution in [2.75, 3.05) is 26.2 Å². The topological polar surface area (TPSA) is 79.5 Å². The minimum absolute atomic E-state index is 0. The highest BCUT2D eigenvalue weighted by Gasteiger charge is 2.21. The van der Waals surface area contributed by atoms with Crippen molar-refractivity contribution in [2.45, 2.75) is 39.2 Å². The molecule has 2 amide bonds. The van der Waals surface area contributed by atoms with Crippen molar-refractivity contribution in [1.82, 2.24) is 16.0 Å². The summed E-state index contributed by atoms with van der Waals surface area (Å²) in [7, 11) is 0. The minimum atomic E-state index is -0.0534. The molecule has 7 heteroatoms. The Morgan fingerprint density at radius 3 is 2.65 bits per heavy atom. The molecule has 0 spiro atoms. The van der Waals surface area contributed by atoms with Gasteiger partial charge in [0.1, 0.15) is 5.75 Å². The number of benzene rings is 1. The fourth-order valence-electron chi connectivity index (χ4n) is 2.90. The molecule has 0 saturated carbocycles. The first-order chi connectivity index (χ1) is 12.1. The van der Waals surface area contributed by atoms with Gasteiger partial charge >= 0.3 is 0 Å². The van der Waals surface area contributed by atoms with E-state index in [1.54, 1.807) is 0 Å². The van der Waals surface area contributed by atoms with E-state index < -0.39 is 0 Å². The van der Waals surface area contributed by atoms with Crippen molar-refractivity contribution >= 4 is 24.2 Å². The van der Waals surface area contributed by atoms with Gasteiger partial charge in [-0.05, 0) is 50.9 Å². The lowest BCUT2D eigenvalue weighted by Gasteiger charge is -2.15. The highest BCUT2D eigenvalue weighted by Crippen LogP contribution is 2.17. The summed E-state index contributed by atoms with van der Waals surface area (Å²) < 4.78 is 5.42. The molecule has 2 atom stereocenters. The molecule has 1 aromatic carbocycles. The lowest BCUT2D eigenvalue weighted by molar-refractivity contribution is -0.125. The van der Waals surface area contributed by atoms with Crippen molar-refractivity contribution < 1.29 is 14.3 Å². The van der Waals surface area contributed by atoms with Crippen LogP contribution in [0, 0.1) is 5.92 Å². The van der Waals surface area contributed by atoms with Gasteiger partial charge in [-0.3, -0.25) is 9.59 Å². The average Bonchev–Trinajstić information content (AvgIpc) is 3.14. The van der Waals surface area contributed by atoms with Crippen LogP contribution in [-0.2, 0) is 9.59 Å². The summed E-state index contributed by atoms with van der Waals surface area (Å²) in [6.45, 7) is 6.75. The average molecular weight is 384 g/mol. The molecule has 0 bridgehead atoms. The normalized spacial score (nSPS) is 17.1. The zero-order chi connectivity index (χ0) is 18.1. The van der Waals surface area contributed by atoms with Gasteiger partial charge in [0.05, 0.1) is 18.6 Å². The van der Waals surface area contributed by atoms with E-state index >= 15 is 0 Å². The fourth-order valence-corrected chi connectivity index (χ4v) is 2.90. The van der Waals surface area contributed by atoms with Gasteiger partial charge in [-0.15, -0.1) is 12.4 Å². The predicted molar refractivity (Wildman–Crippen MR) is 105 cm³/mol. The summed E-state index contributed by atoms with van der Waals surface area (Å²) in [4.78, 5) is 23.9. The number of rotatable bonds is 9. The van der Waals surface area contributed by atoms with Crippen LogP contribution in [0.2, 0.25) is 0 Å². The lowest BCUT2D eigenvalue weighted by atomic mass is 10.1. The first-order valence-corrected chi connectivity index (χ1v) is 9.10. The summed E-state index contributed by atoms with van der Waals surface area (Å²) in [5.41, 5.74) is 1.04. The molecule has 0 aromatic heterocycles. The van der Waals surface area contributed by atoms with E-state index in [0.717, 1.165) is 30.8 Å². The second-order valence-electron chi connectivity index (χ2n) is 6.38. The number of ether oxygens (including phenoxy) is 1. The quantitative estimate of drug-likeness (QED) is 0.571. The van der Waals surface area contributed by atoms with E-state index in [4.69, 9.17) is 4.74 Å². The zero-order valence-corrected chi connectivity index (χ0v) is 16.4. The largest absolute Gasteiger partial charge is 0.494 e. The van der Waals surface area contributed by atoms with Crippen LogP contribution in [0.1, 0.15) is 44.7 Å². The maximum absolute atomic E-state index is 12.0. The molecule has 26 heavy (non-hydrogen) atoms. The summed E-state index contributed by atoms with van der Waals surface area (Å²) >= 11 is 0. The summed E-state index contributed by atoms with van der Waals surface area (Å²) in [5.74, 6) is 0.998. The summed E-state index contributed by atoms with van der Waals surface area (Å²) in [5, 5.41) is 9.08. The molecule has 1 heterocycles. The second-order valence-corrected chi connectivity index (χ2v) is 6.38. The maximum atomic E-state index is 12.0. The highest BCUT2D eigenvalue weighted by molar-refractivity contribution is 5.85. The molecule has 0 radical (unpaired) electrons. The van der Waals surface area contributed by atoms with Gasteiger partial charge in [0.25, 0.3) is 0 Å².